The lowest BCUT2D eigenvalue weighted by molar-refractivity contribution is -0.121. The summed E-state index contributed by atoms with van der Waals surface area (Å²) in [5.41, 5.74) is 6.39. The van der Waals surface area contributed by atoms with E-state index in [1.165, 1.54) is 0 Å². The average molecular weight is 313 g/mol. The number of aromatic hydroxyl groups is 1. The van der Waals surface area contributed by atoms with Crippen molar-refractivity contribution in [2.24, 2.45) is 11.7 Å². The van der Waals surface area contributed by atoms with Crippen LogP contribution in [0.3, 0.4) is 0 Å². The van der Waals surface area contributed by atoms with E-state index in [1.807, 2.05) is 0 Å². The van der Waals surface area contributed by atoms with Crippen molar-refractivity contribution >= 4 is 27.5 Å². The van der Waals surface area contributed by atoms with E-state index >= 15 is 0 Å². The number of nitrogens with two attached hydrogens (primary N) is 1. The maximum Gasteiger partial charge on any atom is 0.229 e. The predicted molar refractivity (Wildman–Crippen MR) is 74.4 cm³/mol. The summed E-state index contributed by atoms with van der Waals surface area (Å²) in [5.74, 6) is -0.191. The molecule has 0 saturated heterocycles. The molecule has 0 aromatic heterocycles. The fourth-order valence-corrected chi connectivity index (χ4v) is 2.68. The highest BCUT2D eigenvalue weighted by Crippen LogP contribution is 2.29. The molecule has 0 heterocycles. The minimum absolute atomic E-state index is 0.0657. The lowest BCUT2D eigenvalue weighted by Gasteiger charge is -2.27. The second-order valence-electron chi connectivity index (χ2n) is 4.71. The van der Waals surface area contributed by atoms with Gasteiger partial charge in [0.15, 0.2) is 0 Å². The number of anilines is 1. The molecule has 1 fully saturated rings. The van der Waals surface area contributed by atoms with Gasteiger partial charge >= 0.3 is 0 Å². The van der Waals surface area contributed by atoms with Gasteiger partial charge in [-0.25, -0.2) is 0 Å². The van der Waals surface area contributed by atoms with Gasteiger partial charge in [0.05, 0.1) is 11.6 Å². The molecule has 0 aliphatic heterocycles. The molecule has 1 aliphatic rings. The van der Waals surface area contributed by atoms with Crippen molar-refractivity contribution in [3.05, 3.63) is 22.7 Å². The minimum atomic E-state index is -0.155. The van der Waals surface area contributed by atoms with Gasteiger partial charge in [-0.15, -0.1) is 0 Å². The lowest BCUT2D eigenvalue weighted by Crippen LogP contribution is -2.40. The Morgan fingerprint density at radius 3 is 2.83 bits per heavy atom. The Hall–Kier alpha value is -1.07. The lowest BCUT2D eigenvalue weighted by atomic mass is 9.84. The number of halogens is 1. The van der Waals surface area contributed by atoms with E-state index in [0.29, 0.717) is 5.69 Å². The largest absolute Gasteiger partial charge is 0.506 e. The number of nitrogens with one attached hydrogen (secondary N) is 1. The molecule has 2 atom stereocenters. The molecule has 1 aromatic carbocycles. The Labute approximate surface area is 115 Å². The van der Waals surface area contributed by atoms with E-state index in [9.17, 15) is 9.90 Å². The third-order valence-corrected chi connectivity index (χ3v) is 3.87. The smallest absolute Gasteiger partial charge is 0.229 e. The van der Waals surface area contributed by atoms with Crippen molar-refractivity contribution in [3.8, 4) is 5.75 Å². The third kappa shape index (κ3) is 3.03. The van der Waals surface area contributed by atoms with E-state index in [1.54, 1.807) is 18.2 Å². The second kappa shape index (κ2) is 5.71. The van der Waals surface area contributed by atoms with Gasteiger partial charge in [0.2, 0.25) is 5.91 Å². The molecule has 2 rings (SSSR count). The number of hydrogen-bond acceptors (Lipinski definition) is 3. The number of carbonyl (C=O) groups excluding carboxylic acids is 1. The highest BCUT2D eigenvalue weighted by atomic mass is 79.9. The second-order valence-corrected chi connectivity index (χ2v) is 5.62. The van der Waals surface area contributed by atoms with Gasteiger partial charge in [-0.05, 0) is 31.0 Å². The van der Waals surface area contributed by atoms with Gasteiger partial charge < -0.3 is 16.2 Å². The summed E-state index contributed by atoms with van der Waals surface area (Å²) in [5, 5.41) is 12.4. The molecule has 0 spiro atoms. The van der Waals surface area contributed by atoms with Crippen LogP contribution in [0.5, 0.6) is 5.75 Å². The van der Waals surface area contributed by atoms with Crippen LogP contribution in [-0.2, 0) is 4.79 Å². The SMILES string of the molecule is NC1CCCCC1C(=O)Nc1cc(Br)ccc1O. The van der Waals surface area contributed by atoms with E-state index in [2.05, 4.69) is 21.2 Å². The number of benzene rings is 1. The van der Waals surface area contributed by atoms with Crippen LogP contribution in [0.4, 0.5) is 5.69 Å². The van der Waals surface area contributed by atoms with Gasteiger partial charge in [-0.3, -0.25) is 4.79 Å². The van der Waals surface area contributed by atoms with Crippen LogP contribution >= 0.6 is 15.9 Å². The summed E-state index contributed by atoms with van der Waals surface area (Å²) in [4.78, 5) is 12.1. The van der Waals surface area contributed by atoms with Crippen LogP contribution in [-0.4, -0.2) is 17.1 Å². The Bertz CT molecular complexity index is 451. The highest BCUT2D eigenvalue weighted by molar-refractivity contribution is 9.10. The topological polar surface area (TPSA) is 75.4 Å². The molecule has 4 nitrogen and oxygen atoms in total. The summed E-state index contributed by atoms with van der Waals surface area (Å²) in [7, 11) is 0. The molecule has 4 N–H and O–H groups in total. The van der Waals surface area contributed by atoms with Crippen molar-refractivity contribution in [1.29, 1.82) is 0 Å². The van der Waals surface area contributed by atoms with Crippen LogP contribution in [0.2, 0.25) is 0 Å². The fourth-order valence-electron chi connectivity index (χ4n) is 2.32. The Kier molecular flexibility index (Phi) is 4.24. The van der Waals surface area contributed by atoms with Gasteiger partial charge in [-0.1, -0.05) is 28.8 Å². The normalized spacial score (nSPS) is 23.7. The Morgan fingerprint density at radius 2 is 2.11 bits per heavy atom. The molecule has 0 bridgehead atoms. The van der Waals surface area contributed by atoms with Gasteiger partial charge in [0.1, 0.15) is 5.75 Å². The molecular weight excluding hydrogens is 296 g/mol. The summed E-state index contributed by atoms with van der Waals surface area (Å²) < 4.78 is 0.809. The van der Waals surface area contributed by atoms with Crippen molar-refractivity contribution in [3.63, 3.8) is 0 Å². The summed E-state index contributed by atoms with van der Waals surface area (Å²) in [6.45, 7) is 0. The van der Waals surface area contributed by atoms with Crippen molar-refractivity contribution in [2.75, 3.05) is 5.32 Å². The molecule has 1 aliphatic carbocycles. The molecule has 5 heteroatoms. The summed E-state index contributed by atoms with van der Waals surface area (Å²) >= 11 is 3.31. The molecule has 0 radical (unpaired) electrons. The van der Waals surface area contributed by atoms with Crippen LogP contribution < -0.4 is 11.1 Å². The first kappa shape index (κ1) is 13.4. The third-order valence-electron chi connectivity index (χ3n) is 3.37. The standard InChI is InChI=1S/C13H17BrN2O2/c14-8-5-6-12(17)11(7-8)16-13(18)9-3-1-2-4-10(9)15/h5-7,9-10,17H,1-4,15H2,(H,16,18). The number of phenols is 1. The highest BCUT2D eigenvalue weighted by Gasteiger charge is 2.28. The van der Waals surface area contributed by atoms with Gasteiger partial charge in [0.25, 0.3) is 0 Å². The van der Waals surface area contributed by atoms with Crippen molar-refractivity contribution < 1.29 is 9.90 Å². The number of hydrogen-bond donors (Lipinski definition) is 3. The molecule has 98 valence electrons. The van der Waals surface area contributed by atoms with Gasteiger partial charge in [-0.2, -0.15) is 0 Å². The number of phenolic OH excluding ortho intramolecular Hbond substituents is 1. The zero-order valence-electron chi connectivity index (χ0n) is 10.0. The van der Waals surface area contributed by atoms with E-state index in [0.717, 1.165) is 30.2 Å². The fraction of sp³-hybridized carbons (Fsp3) is 0.462. The monoisotopic (exact) mass is 312 g/mol. The minimum Gasteiger partial charge on any atom is -0.506 e. The van der Waals surface area contributed by atoms with E-state index in [4.69, 9.17) is 5.73 Å². The van der Waals surface area contributed by atoms with E-state index < -0.39 is 0 Å². The zero-order chi connectivity index (χ0) is 13.1. The van der Waals surface area contributed by atoms with Crippen molar-refractivity contribution in [1.82, 2.24) is 0 Å². The van der Waals surface area contributed by atoms with Crippen LogP contribution in [0, 0.1) is 5.92 Å². The number of carbonyl (C=O) groups is 1. The van der Waals surface area contributed by atoms with Crippen LogP contribution in [0.1, 0.15) is 25.7 Å². The molecular formula is C13H17BrN2O2. The molecule has 18 heavy (non-hydrogen) atoms. The first-order valence-corrected chi connectivity index (χ1v) is 6.92. The summed E-state index contributed by atoms with van der Waals surface area (Å²) in [6, 6.07) is 4.87. The number of amides is 1. The predicted octanol–water partition coefficient (Wildman–Crippen LogP) is 2.61. The maximum absolute atomic E-state index is 12.1. The quantitative estimate of drug-likeness (QED) is 0.735. The Morgan fingerprint density at radius 1 is 1.39 bits per heavy atom. The zero-order valence-corrected chi connectivity index (χ0v) is 11.6. The van der Waals surface area contributed by atoms with Crippen LogP contribution in [0.15, 0.2) is 22.7 Å². The average Bonchev–Trinajstić information content (AvgIpc) is 2.34. The molecule has 1 amide bonds. The number of rotatable bonds is 2. The molecule has 1 aromatic rings. The first-order chi connectivity index (χ1) is 8.58. The van der Waals surface area contributed by atoms with Crippen molar-refractivity contribution in [2.45, 2.75) is 31.7 Å². The van der Waals surface area contributed by atoms with E-state index in [-0.39, 0.29) is 23.6 Å². The maximum atomic E-state index is 12.1. The van der Waals surface area contributed by atoms with Crippen LogP contribution in [0.25, 0.3) is 0 Å². The Balaban J connectivity index is 2.08. The molecule has 2 unspecified atom stereocenters. The first-order valence-electron chi connectivity index (χ1n) is 6.13. The summed E-state index contributed by atoms with van der Waals surface area (Å²) in [6.07, 6.45) is 3.84. The van der Waals surface area contributed by atoms with Gasteiger partial charge in [0, 0.05) is 10.5 Å². The molecule has 1 saturated carbocycles.